The summed E-state index contributed by atoms with van der Waals surface area (Å²) in [6.45, 7) is 4.14. The van der Waals surface area contributed by atoms with Crippen LogP contribution in [0.5, 0.6) is 0 Å². The van der Waals surface area contributed by atoms with Crippen molar-refractivity contribution in [3.63, 3.8) is 0 Å². The molecule has 0 N–H and O–H groups in total. The molecule has 5 aromatic rings. The summed E-state index contributed by atoms with van der Waals surface area (Å²) in [5, 5.41) is 4.18. The molecule has 5 rings (SSSR count). The van der Waals surface area contributed by atoms with E-state index in [-0.39, 0.29) is 0 Å². The van der Waals surface area contributed by atoms with Crippen LogP contribution in [0.1, 0.15) is 17.1 Å². The summed E-state index contributed by atoms with van der Waals surface area (Å²) in [6.07, 6.45) is 3.06. The van der Waals surface area contributed by atoms with Crippen molar-refractivity contribution in [1.29, 1.82) is 0 Å². The molecule has 0 aliphatic heterocycles. The fraction of sp³-hybridized carbons (Fsp3) is 0.111. The van der Waals surface area contributed by atoms with Gasteiger partial charge in [0.05, 0.1) is 0 Å². The minimum atomic E-state index is -2.36. The van der Waals surface area contributed by atoms with Crippen LogP contribution in [0.25, 0.3) is 5.78 Å². The number of aryl methyl sites for hydroxylation is 2. The SMILES string of the molecule is Cc1cc(C)n2cc(C[PH](c3ccccc3)(c3ccccc3)c3ccccc3)nc2n1. The van der Waals surface area contributed by atoms with Gasteiger partial charge in [-0.15, -0.1) is 0 Å². The van der Waals surface area contributed by atoms with E-state index < -0.39 is 7.26 Å². The zero-order valence-electron chi connectivity index (χ0n) is 17.9. The van der Waals surface area contributed by atoms with Crippen molar-refractivity contribution >= 4 is 29.0 Å². The molecule has 31 heavy (non-hydrogen) atoms. The summed E-state index contributed by atoms with van der Waals surface area (Å²) in [5.74, 6) is 0.782. The van der Waals surface area contributed by atoms with Gasteiger partial charge in [-0.2, -0.15) is 0 Å². The number of imidazole rings is 1. The molecular formula is C27H26N3P. The van der Waals surface area contributed by atoms with E-state index in [9.17, 15) is 0 Å². The molecule has 0 radical (unpaired) electrons. The van der Waals surface area contributed by atoms with Gasteiger partial charge >= 0.3 is 184 Å². The van der Waals surface area contributed by atoms with Crippen LogP contribution in [0, 0.1) is 13.8 Å². The number of nitrogens with zero attached hydrogens (tertiary/aromatic N) is 3. The third kappa shape index (κ3) is 3.56. The Morgan fingerprint density at radius 3 is 1.65 bits per heavy atom. The predicted molar refractivity (Wildman–Crippen MR) is 133 cm³/mol. The van der Waals surface area contributed by atoms with Crippen LogP contribution in [0.3, 0.4) is 0 Å². The van der Waals surface area contributed by atoms with Gasteiger partial charge in [-0.3, -0.25) is 0 Å². The van der Waals surface area contributed by atoms with Gasteiger partial charge in [0.1, 0.15) is 0 Å². The molecule has 2 heterocycles. The molecule has 2 aromatic heterocycles. The Balaban J connectivity index is 1.77. The van der Waals surface area contributed by atoms with Gasteiger partial charge in [0.25, 0.3) is 0 Å². The summed E-state index contributed by atoms with van der Waals surface area (Å²) in [5.41, 5.74) is 3.25. The second-order valence-electron chi connectivity index (χ2n) is 8.12. The average molecular weight is 424 g/mol. The summed E-state index contributed by atoms with van der Waals surface area (Å²) in [4.78, 5) is 9.65. The molecule has 0 aliphatic carbocycles. The standard InChI is InChI=1S/C27H26N3P/c1-21-18-22(2)30-19-23(29-27(30)28-21)20-31(24-12-6-3-7-13-24,25-14-8-4-9-15-25)26-16-10-5-11-17-26/h3-19,31H,20H2,1-2H3. The van der Waals surface area contributed by atoms with Crippen molar-refractivity contribution in [1.82, 2.24) is 14.4 Å². The molecule has 0 atom stereocenters. The van der Waals surface area contributed by atoms with E-state index in [1.807, 2.05) is 6.92 Å². The molecule has 3 nitrogen and oxygen atoms in total. The molecule has 0 saturated carbocycles. The van der Waals surface area contributed by atoms with Crippen LogP contribution in [0.4, 0.5) is 0 Å². The third-order valence-electron chi connectivity index (χ3n) is 6.06. The van der Waals surface area contributed by atoms with Gasteiger partial charge in [0.15, 0.2) is 0 Å². The van der Waals surface area contributed by atoms with E-state index in [0.717, 1.165) is 29.0 Å². The fourth-order valence-electron chi connectivity index (χ4n) is 4.65. The Bertz CT molecular complexity index is 1220. The maximum absolute atomic E-state index is 4.98. The van der Waals surface area contributed by atoms with Gasteiger partial charge in [-0.05, 0) is 0 Å². The number of fused-ring (bicyclic) bond motifs is 1. The van der Waals surface area contributed by atoms with E-state index in [1.54, 1.807) is 0 Å². The third-order valence-corrected chi connectivity index (χ3v) is 10.9. The summed E-state index contributed by atoms with van der Waals surface area (Å²) >= 11 is 0. The summed E-state index contributed by atoms with van der Waals surface area (Å²) in [6, 6.07) is 35.0. The Hall–Kier alpha value is -3.29. The first-order valence-corrected chi connectivity index (χ1v) is 12.9. The Morgan fingerprint density at radius 2 is 1.16 bits per heavy atom. The molecule has 4 heteroatoms. The minimum absolute atomic E-state index is 0.782. The van der Waals surface area contributed by atoms with Crippen LogP contribution < -0.4 is 15.9 Å². The van der Waals surface area contributed by atoms with Gasteiger partial charge in [-0.1, -0.05) is 0 Å². The number of benzene rings is 3. The van der Waals surface area contributed by atoms with E-state index >= 15 is 0 Å². The predicted octanol–water partition coefficient (Wildman–Crippen LogP) is 4.57. The van der Waals surface area contributed by atoms with Crippen molar-refractivity contribution in [3.8, 4) is 0 Å². The molecule has 0 saturated heterocycles. The fourth-order valence-corrected chi connectivity index (χ4v) is 9.26. The zero-order valence-corrected chi connectivity index (χ0v) is 18.9. The van der Waals surface area contributed by atoms with Crippen LogP contribution in [0.2, 0.25) is 0 Å². The quantitative estimate of drug-likeness (QED) is 0.388. The van der Waals surface area contributed by atoms with Gasteiger partial charge in [0.2, 0.25) is 0 Å². The van der Waals surface area contributed by atoms with Crippen LogP contribution in [-0.4, -0.2) is 14.4 Å². The van der Waals surface area contributed by atoms with Gasteiger partial charge < -0.3 is 0 Å². The van der Waals surface area contributed by atoms with Gasteiger partial charge in [-0.25, -0.2) is 0 Å². The second-order valence-corrected chi connectivity index (χ2v) is 12.0. The monoisotopic (exact) mass is 423 g/mol. The first kappa shape index (κ1) is 19.7. The summed E-state index contributed by atoms with van der Waals surface area (Å²) < 4.78 is 2.11. The van der Waals surface area contributed by atoms with Crippen molar-refractivity contribution in [2.45, 2.75) is 20.0 Å². The van der Waals surface area contributed by atoms with E-state index in [2.05, 4.69) is 120 Å². The van der Waals surface area contributed by atoms with Crippen molar-refractivity contribution < 1.29 is 0 Å². The number of hydrogen-bond acceptors (Lipinski definition) is 2. The first-order chi connectivity index (χ1) is 15.2. The van der Waals surface area contributed by atoms with Crippen molar-refractivity contribution in [2.24, 2.45) is 0 Å². The Kier molecular flexibility index (Phi) is 5.13. The molecule has 0 fully saturated rings. The normalized spacial score (nSPS) is 12.2. The second kappa shape index (κ2) is 8.09. The van der Waals surface area contributed by atoms with Crippen LogP contribution in [0.15, 0.2) is 103 Å². The van der Waals surface area contributed by atoms with E-state index in [1.165, 1.54) is 15.9 Å². The van der Waals surface area contributed by atoms with Gasteiger partial charge in [0, 0.05) is 0 Å². The summed E-state index contributed by atoms with van der Waals surface area (Å²) in [7, 11) is -2.36. The average Bonchev–Trinajstić information content (AvgIpc) is 3.22. The molecule has 0 unspecified atom stereocenters. The first-order valence-electron chi connectivity index (χ1n) is 10.7. The molecule has 154 valence electrons. The topological polar surface area (TPSA) is 30.2 Å². The molecule has 0 bridgehead atoms. The van der Waals surface area contributed by atoms with E-state index in [4.69, 9.17) is 4.98 Å². The van der Waals surface area contributed by atoms with Crippen LogP contribution in [-0.2, 0) is 6.16 Å². The molecule has 0 amide bonds. The Labute approximate surface area is 183 Å². The number of hydrogen-bond donors (Lipinski definition) is 0. The molecule has 0 spiro atoms. The molecular weight excluding hydrogens is 397 g/mol. The number of aromatic nitrogens is 3. The van der Waals surface area contributed by atoms with Crippen LogP contribution >= 0.6 is 7.26 Å². The maximum atomic E-state index is 4.98. The molecule has 3 aromatic carbocycles. The zero-order chi connectivity index (χ0) is 21.3. The Morgan fingerprint density at radius 1 is 0.677 bits per heavy atom. The van der Waals surface area contributed by atoms with Crippen molar-refractivity contribution in [3.05, 3.63) is 120 Å². The number of rotatable bonds is 5. The van der Waals surface area contributed by atoms with Crippen molar-refractivity contribution in [2.75, 3.05) is 0 Å². The van der Waals surface area contributed by atoms with E-state index in [0.29, 0.717) is 0 Å². The molecule has 0 aliphatic rings.